The standard InChI is InChI=1S/C9H9N2OS2/c1-12-11-8(6-13)7-14-9-4-2-3-5-10-9/h2-5H,7H2,1H3. The highest BCUT2D eigenvalue weighted by Gasteiger charge is 1.99. The molecule has 1 radical (unpaired) electrons. The van der Waals surface area contributed by atoms with E-state index in [9.17, 15) is 0 Å². The lowest BCUT2D eigenvalue weighted by Crippen LogP contribution is -2.02. The molecule has 0 amide bonds. The summed E-state index contributed by atoms with van der Waals surface area (Å²) in [5, 5.41) is 7.18. The van der Waals surface area contributed by atoms with Crippen LogP contribution in [0.4, 0.5) is 0 Å². The minimum atomic E-state index is 0.609. The Morgan fingerprint density at radius 3 is 3.14 bits per heavy atom. The predicted molar refractivity (Wildman–Crippen MR) is 62.0 cm³/mol. The third kappa shape index (κ3) is 3.85. The van der Waals surface area contributed by atoms with Gasteiger partial charge in [-0.15, -0.1) is 0 Å². The van der Waals surface area contributed by atoms with Crippen LogP contribution in [0.25, 0.3) is 0 Å². The zero-order valence-corrected chi connectivity index (χ0v) is 9.27. The fourth-order valence-electron chi connectivity index (χ4n) is 0.759. The first-order chi connectivity index (χ1) is 6.86. The topological polar surface area (TPSA) is 34.5 Å². The average Bonchev–Trinajstić information content (AvgIpc) is 2.25. The first-order valence-corrected chi connectivity index (χ1v) is 5.28. The van der Waals surface area contributed by atoms with E-state index >= 15 is 0 Å². The highest BCUT2D eigenvalue weighted by atomic mass is 32.2. The first kappa shape index (κ1) is 11.1. The predicted octanol–water partition coefficient (Wildman–Crippen LogP) is 2.05. The molecule has 14 heavy (non-hydrogen) atoms. The number of rotatable bonds is 5. The van der Waals surface area contributed by atoms with E-state index in [1.807, 2.05) is 18.2 Å². The molecule has 1 aromatic rings. The summed E-state index contributed by atoms with van der Waals surface area (Å²) in [6, 6.07) is 5.74. The highest BCUT2D eigenvalue weighted by Crippen LogP contribution is 2.13. The Bertz CT molecular complexity index is 314. The van der Waals surface area contributed by atoms with E-state index in [0.29, 0.717) is 11.5 Å². The van der Waals surface area contributed by atoms with Crippen LogP contribution in [0.1, 0.15) is 0 Å². The van der Waals surface area contributed by atoms with Gasteiger partial charge in [0.2, 0.25) is 0 Å². The minimum absolute atomic E-state index is 0.609. The van der Waals surface area contributed by atoms with Gasteiger partial charge < -0.3 is 4.84 Å². The van der Waals surface area contributed by atoms with Crippen molar-refractivity contribution in [2.75, 3.05) is 12.9 Å². The number of thiocarbonyl (C=S) groups is 1. The maximum atomic E-state index is 4.66. The normalized spacial score (nSPS) is 11.1. The van der Waals surface area contributed by atoms with Gasteiger partial charge in [0.15, 0.2) is 0 Å². The van der Waals surface area contributed by atoms with E-state index in [1.54, 1.807) is 18.0 Å². The summed E-state index contributed by atoms with van der Waals surface area (Å²) in [7, 11) is 1.48. The van der Waals surface area contributed by atoms with Crippen molar-refractivity contribution >= 4 is 35.1 Å². The fourth-order valence-corrected chi connectivity index (χ4v) is 1.68. The van der Waals surface area contributed by atoms with Gasteiger partial charge in [0, 0.05) is 11.9 Å². The van der Waals surface area contributed by atoms with Crippen molar-refractivity contribution in [1.29, 1.82) is 0 Å². The van der Waals surface area contributed by atoms with Crippen LogP contribution in [0.3, 0.4) is 0 Å². The Kier molecular flexibility index (Phi) is 5.17. The lowest BCUT2D eigenvalue weighted by molar-refractivity contribution is 0.214. The van der Waals surface area contributed by atoms with Gasteiger partial charge in [0.05, 0.1) is 10.4 Å². The zero-order chi connectivity index (χ0) is 10.2. The number of aromatic nitrogens is 1. The van der Waals surface area contributed by atoms with Crippen molar-refractivity contribution < 1.29 is 4.84 Å². The fraction of sp³-hybridized carbons (Fsp3) is 0.222. The summed E-state index contributed by atoms with van der Waals surface area (Å²) < 4.78 is 0. The molecule has 0 aliphatic heterocycles. The van der Waals surface area contributed by atoms with E-state index in [2.05, 4.69) is 32.6 Å². The largest absolute Gasteiger partial charge is 0.399 e. The van der Waals surface area contributed by atoms with Crippen molar-refractivity contribution in [1.82, 2.24) is 4.98 Å². The molecule has 0 saturated carbocycles. The summed E-state index contributed by atoms with van der Waals surface area (Å²) in [6.45, 7) is 0. The molecule has 0 aliphatic carbocycles. The van der Waals surface area contributed by atoms with E-state index in [0.717, 1.165) is 5.03 Å². The summed E-state index contributed by atoms with van der Waals surface area (Å²) in [6.07, 6.45) is 1.75. The van der Waals surface area contributed by atoms with Crippen LogP contribution in [0, 0.1) is 0 Å². The maximum Gasteiger partial charge on any atom is 0.110 e. The third-order valence-electron chi connectivity index (χ3n) is 1.31. The van der Waals surface area contributed by atoms with Gasteiger partial charge >= 0.3 is 0 Å². The van der Waals surface area contributed by atoms with Gasteiger partial charge in [-0.1, -0.05) is 35.2 Å². The van der Waals surface area contributed by atoms with Gasteiger partial charge in [0.1, 0.15) is 12.8 Å². The molecule has 0 fully saturated rings. The second-order valence-corrected chi connectivity index (χ2v) is 3.48. The lowest BCUT2D eigenvalue weighted by atomic mass is 10.5. The Hall–Kier alpha value is -0.940. The molecule has 73 valence electrons. The average molecular weight is 225 g/mol. The van der Waals surface area contributed by atoms with Gasteiger partial charge in [0.25, 0.3) is 0 Å². The number of hydrogen-bond donors (Lipinski definition) is 0. The van der Waals surface area contributed by atoms with Crippen molar-refractivity contribution in [2.24, 2.45) is 5.16 Å². The van der Waals surface area contributed by atoms with Gasteiger partial charge in [-0.3, -0.25) is 0 Å². The molecule has 0 aromatic carbocycles. The summed E-state index contributed by atoms with van der Waals surface area (Å²) in [5.74, 6) is 0.619. The van der Waals surface area contributed by atoms with Crippen LogP contribution in [0.2, 0.25) is 0 Å². The second-order valence-electron chi connectivity index (χ2n) is 2.28. The Morgan fingerprint density at radius 2 is 2.57 bits per heavy atom. The van der Waals surface area contributed by atoms with Gasteiger partial charge in [-0.25, -0.2) is 4.98 Å². The molecule has 0 spiro atoms. The van der Waals surface area contributed by atoms with Crippen molar-refractivity contribution in [3.63, 3.8) is 0 Å². The quantitative estimate of drug-likeness (QED) is 0.332. The first-order valence-electron chi connectivity index (χ1n) is 3.89. The smallest absolute Gasteiger partial charge is 0.110 e. The zero-order valence-electron chi connectivity index (χ0n) is 7.64. The molecule has 0 atom stereocenters. The Morgan fingerprint density at radius 1 is 1.71 bits per heavy atom. The molecule has 0 unspecified atom stereocenters. The van der Waals surface area contributed by atoms with Crippen LogP contribution in [0.5, 0.6) is 0 Å². The monoisotopic (exact) mass is 225 g/mol. The van der Waals surface area contributed by atoms with Crippen LogP contribution in [-0.4, -0.2) is 28.9 Å². The molecule has 0 saturated heterocycles. The van der Waals surface area contributed by atoms with E-state index in [4.69, 9.17) is 0 Å². The van der Waals surface area contributed by atoms with E-state index < -0.39 is 0 Å². The second kappa shape index (κ2) is 6.50. The molecule has 0 bridgehead atoms. The highest BCUT2D eigenvalue weighted by molar-refractivity contribution is 8.00. The molecule has 1 rings (SSSR count). The van der Waals surface area contributed by atoms with Gasteiger partial charge in [-0.2, -0.15) is 0 Å². The summed E-state index contributed by atoms with van der Waals surface area (Å²) >= 11 is 6.20. The number of hydrogen-bond acceptors (Lipinski definition) is 5. The van der Waals surface area contributed by atoms with Crippen molar-refractivity contribution in [2.45, 2.75) is 5.03 Å². The maximum absolute atomic E-state index is 4.66. The third-order valence-corrected chi connectivity index (χ3v) is 2.50. The molecule has 1 heterocycles. The molecule has 0 aliphatic rings. The summed E-state index contributed by atoms with van der Waals surface area (Å²) in [4.78, 5) is 8.76. The lowest BCUT2D eigenvalue weighted by Gasteiger charge is -1.98. The van der Waals surface area contributed by atoms with Crippen molar-refractivity contribution in [3.05, 3.63) is 24.4 Å². The molecule has 1 aromatic heterocycles. The number of oxime groups is 1. The number of thioether (sulfide) groups is 1. The number of nitrogens with zero attached hydrogens (tertiary/aromatic N) is 2. The van der Waals surface area contributed by atoms with Crippen molar-refractivity contribution in [3.8, 4) is 0 Å². The van der Waals surface area contributed by atoms with E-state index in [-0.39, 0.29) is 0 Å². The Balaban J connectivity index is 2.48. The minimum Gasteiger partial charge on any atom is -0.399 e. The molecular formula is C9H9N2OS2. The van der Waals surface area contributed by atoms with Crippen LogP contribution in [0.15, 0.2) is 34.6 Å². The van der Waals surface area contributed by atoms with Crippen LogP contribution in [-0.2, 0) is 4.84 Å². The Labute approximate surface area is 92.6 Å². The summed E-state index contributed by atoms with van der Waals surface area (Å²) in [5.41, 5.74) is 0.609. The molecule has 3 nitrogen and oxygen atoms in total. The molecule has 0 N–H and O–H groups in total. The molecule has 5 heteroatoms. The van der Waals surface area contributed by atoms with Crippen LogP contribution < -0.4 is 0 Å². The SMILES string of the molecule is CON=C([C]=S)CSc1ccccn1. The number of pyridine rings is 1. The van der Waals surface area contributed by atoms with Gasteiger partial charge in [-0.05, 0) is 12.1 Å². The van der Waals surface area contributed by atoms with E-state index in [1.165, 1.54) is 7.11 Å². The molecular weight excluding hydrogens is 216 g/mol. The van der Waals surface area contributed by atoms with Crippen LogP contribution >= 0.6 is 24.0 Å².